The molecular formula is C38H27N3. The number of hydrogen-bond donors (Lipinski definition) is 1. The van der Waals surface area contributed by atoms with E-state index in [-0.39, 0.29) is 0 Å². The fourth-order valence-electron chi connectivity index (χ4n) is 6.04. The lowest BCUT2D eigenvalue weighted by Gasteiger charge is -2.12. The summed E-state index contributed by atoms with van der Waals surface area (Å²) in [6, 6.07) is 45.7. The summed E-state index contributed by atoms with van der Waals surface area (Å²) in [7, 11) is 0. The van der Waals surface area contributed by atoms with E-state index in [1.807, 2.05) is 6.08 Å². The molecule has 3 heteroatoms. The van der Waals surface area contributed by atoms with Gasteiger partial charge in [0.05, 0.1) is 17.1 Å². The van der Waals surface area contributed by atoms with Crippen LogP contribution in [0.15, 0.2) is 145 Å². The minimum absolute atomic E-state index is 0.564. The molecular weight excluding hydrogens is 498 g/mol. The van der Waals surface area contributed by atoms with Crippen LogP contribution in [-0.4, -0.2) is 4.57 Å². The SMILES string of the molecule is N#CC(/C=C\N)=C/Cc1ccc(-c2cc3c(c4ccccc24)c2c4ccccc4ccc2n3-c2ccccc2)cc1. The van der Waals surface area contributed by atoms with Gasteiger partial charge in [0.25, 0.3) is 0 Å². The number of fused-ring (bicyclic) bond motifs is 7. The first-order valence-corrected chi connectivity index (χ1v) is 13.8. The Morgan fingerprint density at radius 1 is 0.707 bits per heavy atom. The Labute approximate surface area is 238 Å². The fraction of sp³-hybridized carbons (Fsp3) is 0.0263. The van der Waals surface area contributed by atoms with Crippen LogP contribution in [-0.2, 0) is 6.42 Å². The summed E-state index contributed by atoms with van der Waals surface area (Å²) in [6.45, 7) is 0. The summed E-state index contributed by atoms with van der Waals surface area (Å²) in [5.74, 6) is 0. The molecule has 0 aliphatic carbocycles. The maximum atomic E-state index is 9.30. The lowest BCUT2D eigenvalue weighted by atomic mass is 9.93. The molecule has 0 saturated carbocycles. The van der Waals surface area contributed by atoms with Crippen LogP contribution in [0.4, 0.5) is 0 Å². The van der Waals surface area contributed by atoms with Crippen LogP contribution >= 0.6 is 0 Å². The molecule has 0 aliphatic rings. The summed E-state index contributed by atoms with van der Waals surface area (Å²) in [4.78, 5) is 0. The van der Waals surface area contributed by atoms with Gasteiger partial charge in [-0.3, -0.25) is 0 Å². The van der Waals surface area contributed by atoms with E-state index >= 15 is 0 Å². The third kappa shape index (κ3) is 4.14. The highest BCUT2D eigenvalue weighted by Crippen LogP contribution is 2.43. The summed E-state index contributed by atoms with van der Waals surface area (Å²) >= 11 is 0. The van der Waals surface area contributed by atoms with E-state index < -0.39 is 0 Å². The predicted molar refractivity (Wildman–Crippen MR) is 172 cm³/mol. The molecule has 41 heavy (non-hydrogen) atoms. The van der Waals surface area contributed by atoms with E-state index in [2.05, 4.69) is 132 Å². The Hall–Kier alpha value is -5.59. The van der Waals surface area contributed by atoms with Gasteiger partial charge >= 0.3 is 0 Å². The van der Waals surface area contributed by atoms with Crippen molar-refractivity contribution in [3.63, 3.8) is 0 Å². The smallest absolute Gasteiger partial charge is 0.0988 e. The quantitative estimate of drug-likeness (QED) is 0.180. The second kappa shape index (κ2) is 10.2. The lowest BCUT2D eigenvalue weighted by molar-refractivity contribution is 1.18. The van der Waals surface area contributed by atoms with E-state index in [4.69, 9.17) is 5.73 Å². The van der Waals surface area contributed by atoms with Gasteiger partial charge in [-0.2, -0.15) is 5.26 Å². The Kier molecular flexibility index (Phi) is 6.07. The first kappa shape index (κ1) is 24.5. The fourth-order valence-corrected chi connectivity index (χ4v) is 6.04. The highest BCUT2D eigenvalue weighted by atomic mass is 15.0. The molecule has 3 nitrogen and oxygen atoms in total. The molecule has 2 N–H and O–H groups in total. The van der Waals surface area contributed by atoms with Crippen LogP contribution in [0, 0.1) is 11.3 Å². The highest BCUT2D eigenvalue weighted by Gasteiger charge is 2.19. The molecule has 0 amide bonds. The van der Waals surface area contributed by atoms with Gasteiger partial charge in [0, 0.05) is 22.0 Å². The minimum atomic E-state index is 0.564. The number of rotatable bonds is 5. The third-order valence-corrected chi connectivity index (χ3v) is 7.90. The number of nitriles is 1. The Bertz CT molecular complexity index is 2170. The third-order valence-electron chi connectivity index (χ3n) is 7.90. The van der Waals surface area contributed by atoms with E-state index in [1.165, 1.54) is 55.1 Å². The van der Waals surface area contributed by atoms with Crippen molar-refractivity contribution < 1.29 is 0 Å². The monoisotopic (exact) mass is 525 g/mol. The van der Waals surface area contributed by atoms with Crippen LogP contribution in [0.3, 0.4) is 0 Å². The molecule has 0 unspecified atom stereocenters. The van der Waals surface area contributed by atoms with Crippen molar-refractivity contribution in [2.24, 2.45) is 5.73 Å². The number of benzene rings is 6. The maximum Gasteiger partial charge on any atom is 0.0988 e. The zero-order valence-electron chi connectivity index (χ0n) is 22.5. The average Bonchev–Trinajstić information content (AvgIpc) is 3.38. The summed E-state index contributed by atoms with van der Waals surface area (Å²) in [5.41, 5.74) is 13.1. The van der Waals surface area contributed by atoms with Gasteiger partial charge in [-0.25, -0.2) is 0 Å². The van der Waals surface area contributed by atoms with Crippen molar-refractivity contribution >= 4 is 43.4 Å². The zero-order chi connectivity index (χ0) is 27.8. The molecule has 7 aromatic rings. The van der Waals surface area contributed by atoms with Crippen molar-refractivity contribution in [2.75, 3.05) is 0 Å². The number of para-hydroxylation sites is 1. The van der Waals surface area contributed by atoms with Gasteiger partial charge in [-0.15, -0.1) is 0 Å². The van der Waals surface area contributed by atoms with Crippen LogP contribution in [0.1, 0.15) is 5.56 Å². The number of nitrogens with two attached hydrogens (primary N) is 1. The molecule has 0 fully saturated rings. The highest BCUT2D eigenvalue weighted by molar-refractivity contribution is 6.30. The van der Waals surface area contributed by atoms with Gasteiger partial charge in [0.2, 0.25) is 0 Å². The number of allylic oxidation sites excluding steroid dienone is 3. The van der Waals surface area contributed by atoms with Crippen molar-refractivity contribution in [3.05, 3.63) is 151 Å². The summed E-state index contributed by atoms with van der Waals surface area (Å²) in [6.07, 6.45) is 5.60. The van der Waals surface area contributed by atoms with Gasteiger partial charge < -0.3 is 10.3 Å². The van der Waals surface area contributed by atoms with Gasteiger partial charge in [0.1, 0.15) is 0 Å². The van der Waals surface area contributed by atoms with E-state index in [1.54, 1.807) is 6.08 Å². The van der Waals surface area contributed by atoms with Crippen molar-refractivity contribution in [2.45, 2.75) is 6.42 Å². The number of hydrogen-bond acceptors (Lipinski definition) is 2. The van der Waals surface area contributed by atoms with Crippen molar-refractivity contribution in [1.29, 1.82) is 5.26 Å². The van der Waals surface area contributed by atoms with Crippen LogP contribution in [0.5, 0.6) is 0 Å². The second-order valence-corrected chi connectivity index (χ2v) is 10.2. The van der Waals surface area contributed by atoms with E-state index in [9.17, 15) is 5.26 Å². The molecule has 0 atom stereocenters. The molecule has 1 heterocycles. The molecule has 0 saturated heterocycles. The first-order valence-electron chi connectivity index (χ1n) is 13.8. The average molecular weight is 526 g/mol. The Balaban J connectivity index is 1.51. The van der Waals surface area contributed by atoms with Crippen LogP contribution in [0.25, 0.3) is 60.2 Å². The predicted octanol–water partition coefficient (Wildman–Crippen LogP) is 9.22. The number of nitrogens with zero attached hydrogens (tertiary/aromatic N) is 2. The van der Waals surface area contributed by atoms with Crippen molar-refractivity contribution in [1.82, 2.24) is 4.57 Å². The van der Waals surface area contributed by atoms with Gasteiger partial charge in [-0.05, 0) is 81.2 Å². The van der Waals surface area contributed by atoms with E-state index in [0.29, 0.717) is 12.0 Å². The molecule has 7 rings (SSSR count). The molecule has 1 aromatic heterocycles. The summed E-state index contributed by atoms with van der Waals surface area (Å²) < 4.78 is 2.40. The molecule has 194 valence electrons. The molecule has 0 radical (unpaired) electrons. The molecule has 6 aromatic carbocycles. The van der Waals surface area contributed by atoms with Crippen molar-refractivity contribution in [3.8, 4) is 22.9 Å². The van der Waals surface area contributed by atoms with Crippen LogP contribution in [0.2, 0.25) is 0 Å². The minimum Gasteiger partial charge on any atom is -0.405 e. The molecule has 0 aliphatic heterocycles. The van der Waals surface area contributed by atoms with E-state index in [0.717, 1.165) is 16.8 Å². The molecule has 0 bridgehead atoms. The standard InChI is InChI=1S/C38H27N3/c39-23-22-27(25-40)15-14-26-16-18-29(19-17-26)34-24-36-38(33-13-7-6-12-32(33)34)37-31-11-5-4-8-28(31)20-21-35(37)41(36)30-9-2-1-3-10-30/h1-13,15-24H,14,39H2/b23-22-,27-15+. The zero-order valence-corrected chi connectivity index (χ0v) is 22.5. The first-order chi connectivity index (χ1) is 20.3. The topological polar surface area (TPSA) is 54.7 Å². The van der Waals surface area contributed by atoms with Gasteiger partial charge in [-0.1, -0.05) is 103 Å². The largest absolute Gasteiger partial charge is 0.405 e. The Morgan fingerprint density at radius 2 is 1.39 bits per heavy atom. The second-order valence-electron chi connectivity index (χ2n) is 10.2. The Morgan fingerprint density at radius 3 is 2.15 bits per heavy atom. The summed E-state index contributed by atoms with van der Waals surface area (Å²) in [5, 5.41) is 16.8. The molecule has 0 spiro atoms. The van der Waals surface area contributed by atoms with Crippen LogP contribution < -0.4 is 5.73 Å². The lowest BCUT2D eigenvalue weighted by Crippen LogP contribution is -1.94. The number of aromatic nitrogens is 1. The van der Waals surface area contributed by atoms with Gasteiger partial charge in [0.15, 0.2) is 0 Å². The normalized spacial score (nSPS) is 12.1. The maximum absolute atomic E-state index is 9.30.